The molecule has 1 atom stereocenters. The molecule has 1 amide bonds. The van der Waals surface area contributed by atoms with Gasteiger partial charge in [0.1, 0.15) is 0 Å². The van der Waals surface area contributed by atoms with Crippen molar-refractivity contribution in [2.75, 3.05) is 12.4 Å². The number of rotatable bonds is 4. The first-order valence-corrected chi connectivity index (χ1v) is 7.48. The fourth-order valence-corrected chi connectivity index (χ4v) is 3.25. The van der Waals surface area contributed by atoms with Crippen molar-refractivity contribution < 1.29 is 4.79 Å². The minimum atomic E-state index is -0.0385. The van der Waals surface area contributed by atoms with Gasteiger partial charge in [-0.25, -0.2) is 0 Å². The van der Waals surface area contributed by atoms with E-state index in [2.05, 4.69) is 30.5 Å². The number of hydrogen-bond donors (Lipinski definition) is 2. The van der Waals surface area contributed by atoms with Gasteiger partial charge < -0.3 is 10.6 Å². The number of anilines is 1. The van der Waals surface area contributed by atoms with E-state index in [1.807, 2.05) is 38.2 Å². The van der Waals surface area contributed by atoms with E-state index in [1.165, 1.54) is 15.3 Å². The Hall–Kier alpha value is -1.81. The Kier molecular flexibility index (Phi) is 4.45. The smallest absolute Gasteiger partial charge is 0.251 e. The number of carbonyl (C=O) groups is 1. The van der Waals surface area contributed by atoms with Crippen LogP contribution in [0.2, 0.25) is 0 Å². The number of aryl methyl sites for hydroxylation is 2. The van der Waals surface area contributed by atoms with E-state index >= 15 is 0 Å². The SMILES string of the molecule is CNc1ccc(C(=O)NC(C)c2cc(C)sc2C)cc1. The lowest BCUT2D eigenvalue weighted by Gasteiger charge is -2.14. The molecule has 0 radical (unpaired) electrons. The molecule has 4 heteroatoms. The second-order valence-corrected chi connectivity index (χ2v) is 6.35. The molecule has 0 spiro atoms. The van der Waals surface area contributed by atoms with E-state index in [0.717, 1.165) is 5.69 Å². The summed E-state index contributed by atoms with van der Waals surface area (Å²) in [7, 11) is 1.86. The fourth-order valence-electron chi connectivity index (χ4n) is 2.23. The molecule has 2 aromatic rings. The summed E-state index contributed by atoms with van der Waals surface area (Å²) in [6.07, 6.45) is 0. The molecule has 1 unspecified atom stereocenters. The van der Waals surface area contributed by atoms with Gasteiger partial charge in [0.05, 0.1) is 6.04 Å². The van der Waals surface area contributed by atoms with Crippen molar-refractivity contribution in [2.24, 2.45) is 0 Å². The van der Waals surface area contributed by atoms with Crippen LogP contribution in [0.1, 0.15) is 38.6 Å². The molecule has 0 fully saturated rings. The summed E-state index contributed by atoms with van der Waals surface area (Å²) in [4.78, 5) is 14.8. The second-order valence-electron chi connectivity index (χ2n) is 4.89. The molecule has 1 heterocycles. The van der Waals surface area contributed by atoms with Crippen LogP contribution < -0.4 is 10.6 Å². The maximum absolute atomic E-state index is 12.2. The minimum Gasteiger partial charge on any atom is -0.388 e. The highest BCUT2D eigenvalue weighted by atomic mass is 32.1. The van der Waals surface area contributed by atoms with Crippen LogP contribution in [0.5, 0.6) is 0 Å². The minimum absolute atomic E-state index is 0.0245. The van der Waals surface area contributed by atoms with E-state index in [9.17, 15) is 4.79 Å². The number of amides is 1. The van der Waals surface area contributed by atoms with Crippen LogP contribution in [0.3, 0.4) is 0 Å². The first-order valence-electron chi connectivity index (χ1n) is 6.67. The first-order chi connectivity index (χ1) is 9.51. The summed E-state index contributed by atoms with van der Waals surface area (Å²) in [5.41, 5.74) is 2.88. The lowest BCUT2D eigenvalue weighted by Crippen LogP contribution is -2.26. The third-order valence-corrected chi connectivity index (χ3v) is 4.31. The number of carbonyl (C=O) groups excluding carboxylic acids is 1. The molecule has 0 saturated heterocycles. The molecule has 0 aliphatic carbocycles. The van der Waals surface area contributed by atoms with Gasteiger partial charge in [-0.1, -0.05) is 0 Å². The largest absolute Gasteiger partial charge is 0.388 e. The third kappa shape index (κ3) is 3.20. The van der Waals surface area contributed by atoms with Crippen LogP contribution in [0, 0.1) is 13.8 Å². The van der Waals surface area contributed by atoms with Crippen LogP contribution in [-0.4, -0.2) is 13.0 Å². The second kappa shape index (κ2) is 6.09. The van der Waals surface area contributed by atoms with Crippen LogP contribution in [0.15, 0.2) is 30.3 Å². The molecule has 0 aliphatic rings. The van der Waals surface area contributed by atoms with Gasteiger partial charge in [-0.3, -0.25) is 4.79 Å². The average molecular weight is 288 g/mol. The Morgan fingerprint density at radius 1 is 1.20 bits per heavy atom. The highest BCUT2D eigenvalue weighted by Gasteiger charge is 2.14. The average Bonchev–Trinajstić information content (AvgIpc) is 2.78. The summed E-state index contributed by atoms with van der Waals surface area (Å²) >= 11 is 1.77. The number of hydrogen-bond acceptors (Lipinski definition) is 3. The number of thiophene rings is 1. The molecule has 2 rings (SSSR count). The van der Waals surface area contributed by atoms with E-state index in [1.54, 1.807) is 11.3 Å². The monoisotopic (exact) mass is 288 g/mol. The number of benzene rings is 1. The molecular formula is C16H20N2OS. The van der Waals surface area contributed by atoms with Gasteiger partial charge in [0.25, 0.3) is 5.91 Å². The van der Waals surface area contributed by atoms with E-state index in [0.29, 0.717) is 5.56 Å². The quantitative estimate of drug-likeness (QED) is 0.896. The van der Waals surface area contributed by atoms with Gasteiger partial charge >= 0.3 is 0 Å². The van der Waals surface area contributed by atoms with E-state index < -0.39 is 0 Å². The van der Waals surface area contributed by atoms with Crippen LogP contribution >= 0.6 is 11.3 Å². The molecule has 2 N–H and O–H groups in total. The Labute approximate surface area is 124 Å². The third-order valence-electron chi connectivity index (χ3n) is 3.33. The van der Waals surface area contributed by atoms with Crippen LogP contribution in [0.25, 0.3) is 0 Å². The Balaban J connectivity index is 2.08. The molecule has 0 bridgehead atoms. The van der Waals surface area contributed by atoms with Crippen LogP contribution in [-0.2, 0) is 0 Å². The van der Waals surface area contributed by atoms with Gasteiger partial charge in [0.15, 0.2) is 0 Å². The fraction of sp³-hybridized carbons (Fsp3) is 0.312. The summed E-state index contributed by atoms with van der Waals surface area (Å²) in [6, 6.07) is 9.64. The zero-order chi connectivity index (χ0) is 14.7. The highest BCUT2D eigenvalue weighted by molar-refractivity contribution is 7.12. The van der Waals surface area contributed by atoms with E-state index in [4.69, 9.17) is 0 Å². The molecule has 1 aromatic heterocycles. The maximum atomic E-state index is 12.2. The maximum Gasteiger partial charge on any atom is 0.251 e. The summed E-state index contributed by atoms with van der Waals surface area (Å²) < 4.78 is 0. The normalized spacial score (nSPS) is 12.0. The summed E-state index contributed by atoms with van der Waals surface area (Å²) in [5, 5.41) is 6.09. The number of nitrogens with one attached hydrogen (secondary N) is 2. The predicted octanol–water partition coefficient (Wildman–Crippen LogP) is 3.90. The standard InChI is InChI=1S/C16H20N2OS/c1-10-9-15(12(3)20-10)11(2)18-16(19)13-5-7-14(17-4)8-6-13/h5-9,11,17H,1-4H3,(H,18,19). The lowest BCUT2D eigenvalue weighted by atomic mass is 10.1. The van der Waals surface area contributed by atoms with Crippen molar-refractivity contribution in [3.05, 3.63) is 51.2 Å². The van der Waals surface area contributed by atoms with Gasteiger partial charge in [-0.2, -0.15) is 0 Å². The van der Waals surface area contributed by atoms with Crippen LogP contribution in [0.4, 0.5) is 5.69 Å². The summed E-state index contributed by atoms with van der Waals surface area (Å²) in [6.45, 7) is 6.21. The zero-order valence-corrected chi connectivity index (χ0v) is 13.1. The Bertz CT molecular complexity index is 601. The zero-order valence-electron chi connectivity index (χ0n) is 12.3. The van der Waals surface area contributed by atoms with Gasteiger partial charge in [-0.15, -0.1) is 11.3 Å². The van der Waals surface area contributed by atoms with Crippen molar-refractivity contribution >= 4 is 22.9 Å². The van der Waals surface area contributed by atoms with Gasteiger partial charge in [0, 0.05) is 28.1 Å². The molecule has 0 saturated carbocycles. The van der Waals surface area contributed by atoms with Gasteiger partial charge in [0.2, 0.25) is 0 Å². The molecule has 20 heavy (non-hydrogen) atoms. The Morgan fingerprint density at radius 2 is 1.85 bits per heavy atom. The molecule has 106 valence electrons. The van der Waals surface area contributed by atoms with Crippen molar-refractivity contribution in [2.45, 2.75) is 26.8 Å². The molecule has 1 aromatic carbocycles. The molecular weight excluding hydrogens is 268 g/mol. The van der Waals surface area contributed by atoms with Crippen molar-refractivity contribution in [3.8, 4) is 0 Å². The van der Waals surface area contributed by atoms with Crippen molar-refractivity contribution in [1.82, 2.24) is 5.32 Å². The first kappa shape index (κ1) is 14.6. The molecule has 0 aliphatic heterocycles. The Morgan fingerprint density at radius 3 is 2.35 bits per heavy atom. The highest BCUT2D eigenvalue weighted by Crippen LogP contribution is 2.26. The van der Waals surface area contributed by atoms with Gasteiger partial charge in [-0.05, 0) is 56.7 Å². The lowest BCUT2D eigenvalue weighted by molar-refractivity contribution is 0.0940. The predicted molar refractivity (Wildman–Crippen MR) is 85.7 cm³/mol. The van der Waals surface area contributed by atoms with Crippen molar-refractivity contribution in [1.29, 1.82) is 0 Å². The molecule has 3 nitrogen and oxygen atoms in total. The summed E-state index contributed by atoms with van der Waals surface area (Å²) in [5.74, 6) is -0.0385. The topological polar surface area (TPSA) is 41.1 Å². The van der Waals surface area contributed by atoms with E-state index in [-0.39, 0.29) is 11.9 Å². The van der Waals surface area contributed by atoms with Crippen molar-refractivity contribution in [3.63, 3.8) is 0 Å².